The van der Waals surface area contributed by atoms with E-state index in [1.54, 1.807) is 25.3 Å². The third-order valence-corrected chi connectivity index (χ3v) is 5.84. The van der Waals surface area contributed by atoms with Gasteiger partial charge in [0.05, 0.1) is 37.1 Å². The number of benzene rings is 2. The lowest BCUT2D eigenvalue weighted by Crippen LogP contribution is -2.24. The number of halogens is 1. The molecule has 0 radical (unpaired) electrons. The molecular weight excluding hydrogens is 493 g/mol. The van der Waals surface area contributed by atoms with Crippen LogP contribution in [0.2, 0.25) is 0 Å². The number of methoxy groups -OCH3 is 1. The number of aliphatic carboxylic acids is 1. The van der Waals surface area contributed by atoms with E-state index in [2.05, 4.69) is 10.4 Å². The SMILES string of the molecule is COc1ccc(CNC(=O)c2nn(-c3ccc(F)cc3)c(C=C[C@H](O)C[C@@H](O)CC(=O)O)c2C(C)C)cc1. The summed E-state index contributed by atoms with van der Waals surface area (Å²) in [6.07, 6.45) is -0.0587. The topological polar surface area (TPSA) is 134 Å². The zero-order chi connectivity index (χ0) is 27.8. The van der Waals surface area contributed by atoms with Crippen molar-refractivity contribution < 1.29 is 34.0 Å². The summed E-state index contributed by atoms with van der Waals surface area (Å²) in [5.41, 5.74) is 2.65. The van der Waals surface area contributed by atoms with Crippen molar-refractivity contribution in [2.24, 2.45) is 0 Å². The first-order valence-electron chi connectivity index (χ1n) is 12.1. The molecule has 3 aromatic rings. The maximum Gasteiger partial charge on any atom is 0.305 e. The fraction of sp³-hybridized carbons (Fsp3) is 0.321. The predicted octanol–water partition coefficient (Wildman–Crippen LogP) is 3.67. The van der Waals surface area contributed by atoms with Crippen LogP contribution < -0.4 is 10.1 Å². The normalized spacial score (nSPS) is 13.0. The fourth-order valence-electron chi connectivity index (χ4n) is 3.97. The molecule has 0 unspecified atom stereocenters. The molecule has 2 atom stereocenters. The average Bonchev–Trinajstić information content (AvgIpc) is 3.26. The number of hydrogen-bond acceptors (Lipinski definition) is 6. The molecule has 0 spiro atoms. The summed E-state index contributed by atoms with van der Waals surface area (Å²) < 4.78 is 20.3. The van der Waals surface area contributed by atoms with E-state index in [4.69, 9.17) is 9.84 Å². The molecule has 9 nitrogen and oxygen atoms in total. The first-order chi connectivity index (χ1) is 18.1. The summed E-state index contributed by atoms with van der Waals surface area (Å²) in [6.45, 7) is 4.06. The van der Waals surface area contributed by atoms with Crippen molar-refractivity contribution in [2.45, 2.75) is 51.4 Å². The van der Waals surface area contributed by atoms with Crippen molar-refractivity contribution in [1.82, 2.24) is 15.1 Å². The van der Waals surface area contributed by atoms with Gasteiger partial charge in [-0.25, -0.2) is 9.07 Å². The molecule has 3 rings (SSSR count). The standard InChI is InChI=1S/C28H32FN3O6/c1-17(2)26-24(13-10-21(33)14-22(34)15-25(35)36)32(20-8-6-19(29)7-9-20)31-27(26)28(37)30-16-18-4-11-23(38-3)12-5-18/h4-13,17,21-22,33-34H,14-16H2,1-3H3,(H,30,37)(H,35,36)/t21-,22+/m0/s1. The van der Waals surface area contributed by atoms with E-state index in [0.717, 1.165) is 5.56 Å². The fourth-order valence-corrected chi connectivity index (χ4v) is 3.97. The van der Waals surface area contributed by atoms with Gasteiger partial charge in [0.15, 0.2) is 5.69 Å². The van der Waals surface area contributed by atoms with E-state index in [1.807, 2.05) is 26.0 Å². The monoisotopic (exact) mass is 525 g/mol. The molecule has 0 saturated carbocycles. The largest absolute Gasteiger partial charge is 0.497 e. The minimum atomic E-state index is -1.22. The number of aliphatic hydroxyl groups is 2. The highest BCUT2D eigenvalue weighted by Crippen LogP contribution is 2.28. The maximum absolute atomic E-state index is 13.6. The second-order valence-electron chi connectivity index (χ2n) is 9.14. The Kier molecular flexibility index (Phi) is 9.75. The number of amides is 1. The number of carboxylic acids is 1. The van der Waals surface area contributed by atoms with E-state index in [-0.39, 0.29) is 24.6 Å². The number of carboxylic acid groups (broad SMARTS) is 1. The minimum Gasteiger partial charge on any atom is -0.497 e. The highest BCUT2D eigenvalue weighted by Gasteiger charge is 2.25. The second-order valence-corrected chi connectivity index (χ2v) is 9.14. The highest BCUT2D eigenvalue weighted by atomic mass is 19.1. The first-order valence-corrected chi connectivity index (χ1v) is 12.1. The predicted molar refractivity (Wildman–Crippen MR) is 140 cm³/mol. The molecule has 0 aliphatic carbocycles. The smallest absolute Gasteiger partial charge is 0.305 e. The Labute approximate surface area is 220 Å². The van der Waals surface area contributed by atoms with Gasteiger partial charge in [-0.2, -0.15) is 5.10 Å². The highest BCUT2D eigenvalue weighted by molar-refractivity contribution is 5.95. The average molecular weight is 526 g/mol. The molecule has 0 fully saturated rings. The third kappa shape index (κ3) is 7.50. The zero-order valence-electron chi connectivity index (χ0n) is 21.5. The van der Waals surface area contributed by atoms with Crippen LogP contribution in [0.25, 0.3) is 11.8 Å². The van der Waals surface area contributed by atoms with Crippen molar-refractivity contribution in [1.29, 1.82) is 0 Å². The summed E-state index contributed by atoms with van der Waals surface area (Å²) in [7, 11) is 1.57. The van der Waals surface area contributed by atoms with Crippen molar-refractivity contribution in [2.75, 3.05) is 7.11 Å². The van der Waals surface area contributed by atoms with Gasteiger partial charge in [0, 0.05) is 18.5 Å². The van der Waals surface area contributed by atoms with E-state index in [1.165, 1.54) is 35.0 Å². The van der Waals surface area contributed by atoms with Crippen LogP contribution in [-0.2, 0) is 11.3 Å². The lowest BCUT2D eigenvalue weighted by Gasteiger charge is -2.12. The van der Waals surface area contributed by atoms with Gasteiger partial charge in [-0.05, 0) is 54.0 Å². The summed E-state index contributed by atoms with van der Waals surface area (Å²) >= 11 is 0. The van der Waals surface area contributed by atoms with Crippen molar-refractivity contribution in [3.8, 4) is 11.4 Å². The van der Waals surface area contributed by atoms with Gasteiger partial charge in [-0.3, -0.25) is 9.59 Å². The molecule has 1 heterocycles. The quantitative estimate of drug-likeness (QED) is 0.283. The van der Waals surface area contributed by atoms with Crippen molar-refractivity contribution in [3.63, 3.8) is 0 Å². The van der Waals surface area contributed by atoms with Crippen LogP contribution >= 0.6 is 0 Å². The Hall–Kier alpha value is -4.02. The Morgan fingerprint density at radius 2 is 1.76 bits per heavy atom. The van der Waals surface area contributed by atoms with Crippen molar-refractivity contribution in [3.05, 3.63) is 82.9 Å². The number of rotatable bonds is 12. The molecule has 1 aromatic heterocycles. The zero-order valence-corrected chi connectivity index (χ0v) is 21.5. The molecule has 0 aliphatic heterocycles. The summed E-state index contributed by atoms with van der Waals surface area (Å²) in [6, 6.07) is 12.9. The second kappa shape index (κ2) is 13.0. The van der Waals surface area contributed by atoms with Crippen LogP contribution in [0.5, 0.6) is 5.75 Å². The molecule has 1 amide bonds. The number of hydrogen-bond donors (Lipinski definition) is 4. The molecule has 4 N–H and O–H groups in total. The molecule has 2 aromatic carbocycles. The Bertz CT molecular complexity index is 1270. The van der Waals surface area contributed by atoms with E-state index < -0.39 is 36.3 Å². The molecule has 202 valence electrons. The molecule has 0 saturated heterocycles. The summed E-state index contributed by atoms with van der Waals surface area (Å²) in [5.74, 6) is -1.45. The molecular formula is C28H32FN3O6. The van der Waals surface area contributed by atoms with E-state index in [0.29, 0.717) is 22.7 Å². The number of ether oxygens (including phenoxy) is 1. The van der Waals surface area contributed by atoms with Gasteiger partial charge in [0.1, 0.15) is 11.6 Å². The maximum atomic E-state index is 13.6. The van der Waals surface area contributed by atoms with Crippen LogP contribution in [-0.4, -0.2) is 56.3 Å². The number of nitrogens with zero attached hydrogens (tertiary/aromatic N) is 2. The first kappa shape index (κ1) is 28.5. The van der Waals surface area contributed by atoms with Crippen LogP contribution in [0.1, 0.15) is 59.9 Å². The van der Waals surface area contributed by atoms with Gasteiger partial charge < -0.3 is 25.4 Å². The van der Waals surface area contributed by atoms with E-state index in [9.17, 15) is 24.2 Å². The number of aromatic nitrogens is 2. The lowest BCUT2D eigenvalue weighted by atomic mass is 9.98. The number of carbonyl (C=O) groups excluding carboxylic acids is 1. The Morgan fingerprint density at radius 3 is 2.34 bits per heavy atom. The van der Waals surface area contributed by atoms with Crippen molar-refractivity contribution >= 4 is 18.0 Å². The molecule has 0 bridgehead atoms. The number of nitrogens with one attached hydrogen (secondary N) is 1. The van der Waals surface area contributed by atoms with Gasteiger partial charge in [-0.15, -0.1) is 0 Å². The third-order valence-electron chi connectivity index (χ3n) is 5.84. The molecule has 38 heavy (non-hydrogen) atoms. The Morgan fingerprint density at radius 1 is 1.11 bits per heavy atom. The van der Waals surface area contributed by atoms with Gasteiger partial charge in [-0.1, -0.05) is 32.1 Å². The van der Waals surface area contributed by atoms with Crippen LogP contribution in [0.3, 0.4) is 0 Å². The van der Waals surface area contributed by atoms with Crippen LogP contribution in [0.4, 0.5) is 4.39 Å². The lowest BCUT2D eigenvalue weighted by molar-refractivity contribution is -0.139. The summed E-state index contributed by atoms with van der Waals surface area (Å²) in [4.78, 5) is 24.1. The van der Waals surface area contributed by atoms with Crippen LogP contribution in [0, 0.1) is 5.82 Å². The summed E-state index contributed by atoms with van der Waals surface area (Å²) in [5, 5.41) is 36.5. The molecule has 10 heteroatoms. The minimum absolute atomic E-state index is 0.152. The van der Waals surface area contributed by atoms with Gasteiger partial charge >= 0.3 is 5.97 Å². The van der Waals surface area contributed by atoms with Crippen LogP contribution in [0.15, 0.2) is 54.6 Å². The van der Waals surface area contributed by atoms with Gasteiger partial charge in [0.25, 0.3) is 5.91 Å². The van der Waals surface area contributed by atoms with E-state index >= 15 is 0 Å². The molecule has 0 aliphatic rings. The number of aliphatic hydroxyl groups excluding tert-OH is 2. The van der Waals surface area contributed by atoms with Gasteiger partial charge in [0.2, 0.25) is 0 Å². The number of carbonyl (C=O) groups is 2. The Balaban J connectivity index is 1.95.